The van der Waals surface area contributed by atoms with E-state index in [2.05, 4.69) is 14.9 Å². The quantitative estimate of drug-likeness (QED) is 0.603. The summed E-state index contributed by atoms with van der Waals surface area (Å²) in [6, 6.07) is 12.7. The van der Waals surface area contributed by atoms with E-state index in [4.69, 9.17) is 21.1 Å². The monoisotopic (exact) mass is 437 g/mol. The minimum absolute atomic E-state index is 0.0343. The molecule has 0 bridgehead atoms. The highest BCUT2D eigenvalue weighted by Gasteiger charge is 2.16. The van der Waals surface area contributed by atoms with Crippen LogP contribution in [0.3, 0.4) is 0 Å². The predicted molar refractivity (Wildman–Crippen MR) is 108 cm³/mol. The Morgan fingerprint density at radius 1 is 1.14 bits per heavy atom. The number of aromatic nitrogens is 2. The van der Waals surface area contributed by atoms with Crippen molar-refractivity contribution in [1.29, 1.82) is 0 Å². The van der Waals surface area contributed by atoms with Crippen molar-refractivity contribution in [3.05, 3.63) is 64.9 Å². The van der Waals surface area contributed by atoms with E-state index in [-0.39, 0.29) is 29.4 Å². The molecule has 10 heteroatoms. The molecule has 0 atom stereocenters. The average molecular weight is 438 g/mol. The van der Waals surface area contributed by atoms with Crippen molar-refractivity contribution >= 4 is 27.3 Å². The topological polar surface area (TPSA) is 90.4 Å². The van der Waals surface area contributed by atoms with E-state index in [1.807, 2.05) is 6.07 Å². The maximum absolute atomic E-state index is 14.4. The minimum Gasteiger partial charge on any atom is -0.489 e. The second-order valence-corrected chi connectivity index (χ2v) is 8.27. The maximum Gasteiger partial charge on any atom is 0.257 e. The van der Waals surface area contributed by atoms with Gasteiger partial charge in [0.1, 0.15) is 23.9 Å². The lowest BCUT2D eigenvalue weighted by Crippen LogP contribution is -2.12. The van der Waals surface area contributed by atoms with Crippen molar-refractivity contribution in [1.82, 2.24) is 10.2 Å². The average Bonchev–Trinajstić information content (AvgIpc) is 2.66. The van der Waals surface area contributed by atoms with Crippen molar-refractivity contribution in [2.24, 2.45) is 0 Å². The first-order valence-corrected chi connectivity index (χ1v) is 10.6. The van der Waals surface area contributed by atoms with Crippen LogP contribution in [0.4, 0.5) is 10.1 Å². The summed E-state index contributed by atoms with van der Waals surface area (Å²) in [6.45, 7) is 0.237. The Morgan fingerprint density at radius 3 is 2.62 bits per heavy atom. The lowest BCUT2D eigenvalue weighted by atomic mass is 10.1. The van der Waals surface area contributed by atoms with Crippen LogP contribution < -0.4 is 14.2 Å². The number of rotatable bonds is 7. The van der Waals surface area contributed by atoms with Crippen LogP contribution in [0.15, 0.2) is 48.5 Å². The van der Waals surface area contributed by atoms with Gasteiger partial charge in [0.2, 0.25) is 10.0 Å². The molecule has 1 N–H and O–H groups in total. The number of hydrogen-bond donors (Lipinski definition) is 1. The van der Waals surface area contributed by atoms with Gasteiger partial charge in [0, 0.05) is 10.6 Å². The zero-order valence-electron chi connectivity index (χ0n) is 15.5. The first-order valence-electron chi connectivity index (χ1n) is 8.32. The van der Waals surface area contributed by atoms with E-state index in [9.17, 15) is 12.8 Å². The highest BCUT2D eigenvalue weighted by atomic mass is 35.5. The molecule has 0 unspecified atom stereocenters. The molecule has 1 heterocycles. The molecule has 29 heavy (non-hydrogen) atoms. The molecule has 0 aliphatic heterocycles. The molecule has 1 aromatic heterocycles. The van der Waals surface area contributed by atoms with E-state index >= 15 is 0 Å². The third-order valence-electron chi connectivity index (χ3n) is 3.76. The van der Waals surface area contributed by atoms with Gasteiger partial charge < -0.3 is 9.47 Å². The first-order chi connectivity index (χ1) is 13.7. The standard InChI is InChI=1S/C19H17ClFN3O4S/c1-27-19-18(24-29(2,25)26)10-17(22-23-19)15-9-14(6-7-16(15)21)28-11-12-4-3-5-13(20)8-12/h3-10H,11H2,1-2H3,(H,22,24). The van der Waals surface area contributed by atoms with Gasteiger partial charge in [0.05, 0.1) is 19.1 Å². The number of benzene rings is 2. The van der Waals surface area contributed by atoms with Crippen LogP contribution >= 0.6 is 11.6 Å². The summed E-state index contributed by atoms with van der Waals surface area (Å²) in [7, 11) is -2.28. The Morgan fingerprint density at radius 2 is 1.93 bits per heavy atom. The number of hydrogen-bond acceptors (Lipinski definition) is 6. The van der Waals surface area contributed by atoms with Crippen LogP contribution in [0.1, 0.15) is 5.56 Å². The summed E-state index contributed by atoms with van der Waals surface area (Å²) in [5.74, 6) is -0.200. The molecule has 0 saturated heterocycles. The summed E-state index contributed by atoms with van der Waals surface area (Å²) < 4.78 is 50.5. The number of nitrogens with zero attached hydrogens (tertiary/aromatic N) is 2. The number of methoxy groups -OCH3 is 1. The van der Waals surface area contributed by atoms with Crippen molar-refractivity contribution < 1.29 is 22.3 Å². The summed E-state index contributed by atoms with van der Waals surface area (Å²) in [5, 5.41) is 8.32. The molecule has 7 nitrogen and oxygen atoms in total. The zero-order chi connectivity index (χ0) is 21.0. The number of ether oxygens (including phenoxy) is 2. The summed E-state index contributed by atoms with van der Waals surface area (Å²) in [4.78, 5) is 0. The Bertz CT molecular complexity index is 1140. The van der Waals surface area contributed by atoms with E-state index in [1.54, 1.807) is 18.2 Å². The molecule has 0 amide bonds. The molecule has 0 fully saturated rings. The molecule has 0 aliphatic carbocycles. The van der Waals surface area contributed by atoms with Gasteiger partial charge in [-0.05, 0) is 42.0 Å². The lowest BCUT2D eigenvalue weighted by molar-refractivity contribution is 0.306. The van der Waals surface area contributed by atoms with E-state index < -0.39 is 15.8 Å². The van der Waals surface area contributed by atoms with Gasteiger partial charge in [-0.25, -0.2) is 12.8 Å². The van der Waals surface area contributed by atoms with Crippen LogP contribution in [-0.2, 0) is 16.6 Å². The van der Waals surface area contributed by atoms with Crippen LogP contribution in [-0.4, -0.2) is 32.0 Å². The molecule has 0 aliphatic rings. The summed E-state index contributed by atoms with van der Waals surface area (Å²) in [6.07, 6.45) is 0.984. The third kappa shape index (κ3) is 5.55. The fourth-order valence-corrected chi connectivity index (χ4v) is 3.28. The molecular weight excluding hydrogens is 421 g/mol. The van der Waals surface area contributed by atoms with Crippen LogP contribution in [0.5, 0.6) is 11.6 Å². The van der Waals surface area contributed by atoms with Crippen LogP contribution in [0, 0.1) is 5.82 Å². The number of nitrogens with one attached hydrogen (secondary N) is 1. The van der Waals surface area contributed by atoms with Gasteiger partial charge >= 0.3 is 0 Å². The molecule has 2 aromatic carbocycles. The van der Waals surface area contributed by atoms with Gasteiger partial charge in [-0.1, -0.05) is 23.7 Å². The number of sulfonamides is 1. The zero-order valence-corrected chi connectivity index (χ0v) is 17.1. The highest BCUT2D eigenvalue weighted by Crippen LogP contribution is 2.31. The van der Waals surface area contributed by atoms with E-state index in [0.29, 0.717) is 10.8 Å². The van der Waals surface area contributed by atoms with Gasteiger partial charge in [0.25, 0.3) is 5.88 Å². The molecular formula is C19H17ClFN3O4S. The van der Waals surface area contributed by atoms with E-state index in [1.165, 1.54) is 31.4 Å². The Kier molecular flexibility index (Phi) is 6.19. The van der Waals surface area contributed by atoms with Gasteiger partial charge in [-0.2, -0.15) is 0 Å². The number of anilines is 1. The van der Waals surface area contributed by atoms with Crippen LogP contribution in [0.2, 0.25) is 5.02 Å². The van der Waals surface area contributed by atoms with Gasteiger partial charge in [-0.15, -0.1) is 10.2 Å². The van der Waals surface area contributed by atoms with Crippen molar-refractivity contribution in [3.63, 3.8) is 0 Å². The Hall–Kier alpha value is -2.91. The fraction of sp³-hybridized carbons (Fsp3) is 0.158. The SMILES string of the molecule is COc1nnc(-c2cc(OCc3cccc(Cl)c3)ccc2F)cc1NS(C)(=O)=O. The maximum atomic E-state index is 14.4. The smallest absolute Gasteiger partial charge is 0.257 e. The summed E-state index contributed by atoms with van der Waals surface area (Å²) in [5.41, 5.74) is 1.11. The summed E-state index contributed by atoms with van der Waals surface area (Å²) >= 11 is 5.96. The highest BCUT2D eigenvalue weighted by molar-refractivity contribution is 7.92. The largest absolute Gasteiger partial charge is 0.489 e. The van der Waals surface area contributed by atoms with Crippen molar-refractivity contribution in [3.8, 4) is 22.9 Å². The van der Waals surface area contributed by atoms with Crippen molar-refractivity contribution in [2.75, 3.05) is 18.1 Å². The molecule has 152 valence electrons. The molecule has 3 rings (SSSR count). The normalized spacial score (nSPS) is 11.2. The van der Waals surface area contributed by atoms with E-state index in [0.717, 1.165) is 11.8 Å². The lowest BCUT2D eigenvalue weighted by Gasteiger charge is -2.12. The molecule has 3 aromatic rings. The van der Waals surface area contributed by atoms with Gasteiger partial charge in [0.15, 0.2) is 0 Å². The predicted octanol–water partition coefficient (Wildman–Crippen LogP) is 3.90. The second kappa shape index (κ2) is 8.62. The third-order valence-corrected chi connectivity index (χ3v) is 4.58. The minimum atomic E-state index is -3.60. The number of halogens is 2. The van der Waals surface area contributed by atoms with Gasteiger partial charge in [-0.3, -0.25) is 4.72 Å². The molecule has 0 radical (unpaired) electrons. The fourth-order valence-electron chi connectivity index (χ4n) is 2.52. The van der Waals surface area contributed by atoms with Crippen LogP contribution in [0.25, 0.3) is 11.3 Å². The second-order valence-electron chi connectivity index (χ2n) is 6.09. The Labute approximate surface area is 172 Å². The Balaban J connectivity index is 1.90. The molecule has 0 saturated carbocycles. The molecule has 0 spiro atoms. The first kappa shape index (κ1) is 20.8. The van der Waals surface area contributed by atoms with Crippen molar-refractivity contribution in [2.45, 2.75) is 6.61 Å².